The van der Waals surface area contributed by atoms with Gasteiger partial charge in [-0.15, -0.1) is 0 Å². The van der Waals surface area contributed by atoms with E-state index < -0.39 is 23.9 Å². The van der Waals surface area contributed by atoms with E-state index in [9.17, 15) is 19.1 Å². The summed E-state index contributed by atoms with van der Waals surface area (Å²) in [5.74, 6) is -1.50. The standard InChI is InChI=1S/C13H14FNO4/c1-2-19-13(18)15-7-9-5-10(14)4-3-8(9)6-11(15)12(16)17/h3-5,11H,2,6-7H2,1H3,(H,16,17)/t11-/m0/s1. The van der Waals surface area contributed by atoms with Crippen LogP contribution in [0.2, 0.25) is 0 Å². The lowest BCUT2D eigenvalue weighted by atomic mass is 9.94. The molecule has 0 aromatic heterocycles. The molecule has 5 nitrogen and oxygen atoms in total. The minimum absolute atomic E-state index is 0.0445. The van der Waals surface area contributed by atoms with E-state index in [2.05, 4.69) is 0 Å². The summed E-state index contributed by atoms with van der Waals surface area (Å²) in [6, 6.07) is 3.19. The van der Waals surface area contributed by atoms with Crippen molar-refractivity contribution < 1.29 is 23.8 Å². The molecule has 0 saturated heterocycles. The van der Waals surface area contributed by atoms with Crippen molar-refractivity contribution in [3.8, 4) is 0 Å². The minimum Gasteiger partial charge on any atom is -0.480 e. The van der Waals surface area contributed by atoms with Crippen molar-refractivity contribution in [2.24, 2.45) is 0 Å². The number of rotatable bonds is 2. The van der Waals surface area contributed by atoms with Gasteiger partial charge in [0.2, 0.25) is 0 Å². The maximum atomic E-state index is 13.2. The molecular formula is C13H14FNO4. The van der Waals surface area contributed by atoms with Gasteiger partial charge in [-0.1, -0.05) is 6.07 Å². The molecule has 2 rings (SSSR count). The molecule has 1 aliphatic rings. The number of hydrogen-bond donors (Lipinski definition) is 1. The summed E-state index contributed by atoms with van der Waals surface area (Å²) < 4.78 is 18.0. The number of carboxylic acid groups (broad SMARTS) is 1. The number of ether oxygens (including phenoxy) is 1. The van der Waals surface area contributed by atoms with Crippen LogP contribution in [-0.2, 0) is 22.5 Å². The Balaban J connectivity index is 2.32. The van der Waals surface area contributed by atoms with Crippen LogP contribution in [0.15, 0.2) is 18.2 Å². The molecule has 0 aliphatic carbocycles. The number of carboxylic acids is 1. The third-order valence-electron chi connectivity index (χ3n) is 3.09. The largest absolute Gasteiger partial charge is 0.480 e. The Morgan fingerprint density at radius 1 is 1.47 bits per heavy atom. The number of amides is 1. The normalized spacial score (nSPS) is 17.8. The first-order valence-electron chi connectivity index (χ1n) is 5.96. The summed E-state index contributed by atoms with van der Waals surface area (Å²) in [5.41, 5.74) is 1.36. The van der Waals surface area contributed by atoms with Crippen molar-refractivity contribution in [2.75, 3.05) is 6.61 Å². The Bertz CT molecular complexity index is 517. The maximum absolute atomic E-state index is 13.2. The molecule has 0 spiro atoms. The van der Waals surface area contributed by atoms with E-state index in [1.54, 1.807) is 13.0 Å². The predicted octanol–water partition coefficient (Wildman–Crippen LogP) is 1.79. The van der Waals surface area contributed by atoms with Gasteiger partial charge in [-0.3, -0.25) is 4.90 Å². The number of nitrogens with zero attached hydrogens (tertiary/aromatic N) is 1. The lowest BCUT2D eigenvalue weighted by Crippen LogP contribution is -2.48. The van der Waals surface area contributed by atoms with Gasteiger partial charge in [-0.2, -0.15) is 0 Å². The fourth-order valence-electron chi connectivity index (χ4n) is 2.17. The average Bonchev–Trinajstić information content (AvgIpc) is 2.37. The Kier molecular flexibility index (Phi) is 3.69. The third kappa shape index (κ3) is 2.67. The summed E-state index contributed by atoms with van der Waals surface area (Å²) in [7, 11) is 0. The van der Waals surface area contributed by atoms with Crippen molar-refractivity contribution in [2.45, 2.75) is 25.9 Å². The zero-order chi connectivity index (χ0) is 14.0. The molecule has 1 heterocycles. The number of carbonyl (C=O) groups excluding carboxylic acids is 1. The highest BCUT2D eigenvalue weighted by atomic mass is 19.1. The van der Waals surface area contributed by atoms with Gasteiger partial charge >= 0.3 is 12.1 Å². The molecule has 19 heavy (non-hydrogen) atoms. The number of fused-ring (bicyclic) bond motifs is 1. The maximum Gasteiger partial charge on any atom is 0.410 e. The summed E-state index contributed by atoms with van der Waals surface area (Å²) in [6.45, 7) is 1.85. The Morgan fingerprint density at radius 2 is 2.21 bits per heavy atom. The second kappa shape index (κ2) is 5.26. The molecule has 0 fully saturated rings. The smallest absolute Gasteiger partial charge is 0.410 e. The van der Waals surface area contributed by atoms with E-state index in [1.165, 1.54) is 12.1 Å². The highest BCUT2D eigenvalue weighted by Gasteiger charge is 2.35. The molecular weight excluding hydrogens is 253 g/mol. The second-order valence-electron chi connectivity index (χ2n) is 4.30. The first kappa shape index (κ1) is 13.3. The van der Waals surface area contributed by atoms with Gasteiger partial charge in [0.05, 0.1) is 13.2 Å². The van der Waals surface area contributed by atoms with Crippen molar-refractivity contribution in [1.82, 2.24) is 4.90 Å². The van der Waals surface area contributed by atoms with Crippen molar-refractivity contribution in [1.29, 1.82) is 0 Å². The van der Waals surface area contributed by atoms with Gasteiger partial charge < -0.3 is 9.84 Å². The summed E-state index contributed by atoms with van der Waals surface area (Å²) >= 11 is 0. The minimum atomic E-state index is -1.09. The lowest BCUT2D eigenvalue weighted by Gasteiger charge is -2.33. The van der Waals surface area contributed by atoms with Crippen LogP contribution in [0, 0.1) is 5.82 Å². The van der Waals surface area contributed by atoms with E-state index in [1.807, 2.05) is 0 Å². The number of aliphatic carboxylic acids is 1. The molecule has 102 valence electrons. The van der Waals surface area contributed by atoms with Crippen LogP contribution in [-0.4, -0.2) is 34.7 Å². The average molecular weight is 267 g/mol. The highest BCUT2D eigenvalue weighted by molar-refractivity contribution is 5.81. The number of hydrogen-bond acceptors (Lipinski definition) is 3. The first-order chi connectivity index (χ1) is 9.02. The van der Waals surface area contributed by atoms with Gasteiger partial charge in [0.15, 0.2) is 0 Å². The van der Waals surface area contributed by atoms with Crippen LogP contribution in [0.5, 0.6) is 0 Å². The van der Waals surface area contributed by atoms with Crippen LogP contribution in [0.25, 0.3) is 0 Å². The molecule has 1 amide bonds. The zero-order valence-corrected chi connectivity index (χ0v) is 10.4. The van der Waals surface area contributed by atoms with E-state index in [-0.39, 0.29) is 19.6 Å². The van der Waals surface area contributed by atoms with Gasteiger partial charge in [-0.05, 0) is 30.2 Å². The van der Waals surface area contributed by atoms with E-state index >= 15 is 0 Å². The molecule has 0 unspecified atom stereocenters. The molecule has 1 aromatic carbocycles. The van der Waals surface area contributed by atoms with Crippen molar-refractivity contribution >= 4 is 12.1 Å². The van der Waals surface area contributed by atoms with E-state index in [0.717, 1.165) is 10.5 Å². The molecule has 1 aliphatic heterocycles. The summed E-state index contributed by atoms with van der Waals surface area (Å²) in [4.78, 5) is 24.1. The van der Waals surface area contributed by atoms with Gasteiger partial charge in [0.1, 0.15) is 11.9 Å². The molecule has 1 aromatic rings. The van der Waals surface area contributed by atoms with Crippen LogP contribution in [0.1, 0.15) is 18.1 Å². The monoisotopic (exact) mass is 267 g/mol. The quantitative estimate of drug-likeness (QED) is 0.887. The van der Waals surface area contributed by atoms with Crippen LogP contribution >= 0.6 is 0 Å². The number of halogens is 1. The molecule has 1 atom stereocenters. The van der Waals surface area contributed by atoms with Crippen LogP contribution < -0.4 is 0 Å². The zero-order valence-electron chi connectivity index (χ0n) is 10.4. The van der Waals surface area contributed by atoms with Crippen molar-refractivity contribution in [3.63, 3.8) is 0 Å². The molecule has 1 N–H and O–H groups in total. The second-order valence-corrected chi connectivity index (χ2v) is 4.30. The van der Waals surface area contributed by atoms with Gasteiger partial charge in [-0.25, -0.2) is 14.0 Å². The Hall–Kier alpha value is -2.11. The van der Waals surface area contributed by atoms with Crippen LogP contribution in [0.3, 0.4) is 0 Å². The Labute approximate surface area is 109 Å². The fourth-order valence-corrected chi connectivity index (χ4v) is 2.17. The fraction of sp³-hybridized carbons (Fsp3) is 0.385. The van der Waals surface area contributed by atoms with Gasteiger partial charge in [0, 0.05) is 6.42 Å². The number of carbonyl (C=O) groups is 2. The van der Waals surface area contributed by atoms with Gasteiger partial charge in [0.25, 0.3) is 0 Å². The molecule has 0 bridgehead atoms. The van der Waals surface area contributed by atoms with E-state index in [4.69, 9.17) is 4.74 Å². The summed E-state index contributed by atoms with van der Waals surface area (Å²) in [6.07, 6.45) is -0.533. The van der Waals surface area contributed by atoms with Crippen molar-refractivity contribution in [3.05, 3.63) is 35.1 Å². The van der Waals surface area contributed by atoms with E-state index in [0.29, 0.717) is 5.56 Å². The first-order valence-corrected chi connectivity index (χ1v) is 5.96. The number of benzene rings is 1. The molecule has 0 radical (unpaired) electrons. The topological polar surface area (TPSA) is 66.8 Å². The SMILES string of the molecule is CCOC(=O)N1Cc2cc(F)ccc2C[C@H]1C(=O)O. The highest BCUT2D eigenvalue weighted by Crippen LogP contribution is 2.25. The third-order valence-corrected chi connectivity index (χ3v) is 3.09. The molecule has 6 heteroatoms. The lowest BCUT2D eigenvalue weighted by molar-refractivity contribution is -0.143. The predicted molar refractivity (Wildman–Crippen MR) is 64.1 cm³/mol. The molecule has 0 saturated carbocycles. The summed E-state index contributed by atoms with van der Waals surface area (Å²) in [5, 5.41) is 9.18. The Morgan fingerprint density at radius 3 is 2.84 bits per heavy atom. The van der Waals surface area contributed by atoms with Crippen LogP contribution in [0.4, 0.5) is 9.18 Å².